The lowest BCUT2D eigenvalue weighted by Gasteiger charge is -2.33. The highest BCUT2D eigenvalue weighted by atomic mass is 35.5. The summed E-state index contributed by atoms with van der Waals surface area (Å²) in [5.41, 5.74) is 4.06. The van der Waals surface area contributed by atoms with Crippen molar-refractivity contribution in [3.05, 3.63) is 101 Å². The number of carbonyl (C=O) groups excluding carboxylic acids is 1. The fourth-order valence-electron chi connectivity index (χ4n) is 5.33. The molecular weight excluding hydrogens is 470 g/mol. The summed E-state index contributed by atoms with van der Waals surface area (Å²) in [6.45, 7) is 2.22. The Labute approximate surface area is 218 Å². The number of para-hydroxylation sites is 1. The Hall–Kier alpha value is -3.15. The molecule has 2 heterocycles. The van der Waals surface area contributed by atoms with E-state index in [1.165, 1.54) is 5.56 Å². The minimum atomic E-state index is -0.235. The molecule has 1 saturated heterocycles. The number of benzene rings is 3. The standard InChI is InChI=1S/C30H32ClN3O2/c1-36-29-14-8-6-12-25(29)27-20-28(24-11-5-7-13-26(24)31)34(32-27)30(35)21-33-17-15-23(16-18-33)19-22-9-3-2-4-10-22/h2-14,23,28H,15-21H2,1H3/t28-/m1/s1. The molecule has 36 heavy (non-hydrogen) atoms. The second kappa shape index (κ2) is 11.3. The molecule has 0 spiro atoms. The Morgan fingerprint density at radius 3 is 2.42 bits per heavy atom. The first-order valence-corrected chi connectivity index (χ1v) is 13.0. The molecule has 2 aliphatic heterocycles. The second-order valence-corrected chi connectivity index (χ2v) is 10.0. The third-order valence-corrected chi connectivity index (χ3v) is 7.63. The van der Waals surface area contributed by atoms with Crippen LogP contribution in [0.3, 0.4) is 0 Å². The Morgan fingerprint density at radius 1 is 0.972 bits per heavy atom. The van der Waals surface area contributed by atoms with Gasteiger partial charge >= 0.3 is 0 Å². The summed E-state index contributed by atoms with van der Waals surface area (Å²) in [6.07, 6.45) is 3.91. The Morgan fingerprint density at radius 2 is 1.67 bits per heavy atom. The zero-order valence-corrected chi connectivity index (χ0v) is 21.4. The lowest BCUT2D eigenvalue weighted by atomic mass is 9.90. The van der Waals surface area contributed by atoms with E-state index >= 15 is 0 Å². The molecule has 5 rings (SSSR count). The molecule has 3 aromatic rings. The number of methoxy groups -OCH3 is 1. The van der Waals surface area contributed by atoms with Gasteiger partial charge in [-0.25, -0.2) is 5.01 Å². The molecular formula is C30H32ClN3O2. The molecule has 1 fully saturated rings. The van der Waals surface area contributed by atoms with Crippen molar-refractivity contribution in [1.82, 2.24) is 9.91 Å². The Balaban J connectivity index is 1.30. The quantitative estimate of drug-likeness (QED) is 0.400. The highest BCUT2D eigenvalue weighted by molar-refractivity contribution is 6.31. The van der Waals surface area contributed by atoms with E-state index in [1.54, 1.807) is 12.1 Å². The van der Waals surface area contributed by atoms with E-state index in [0.717, 1.165) is 54.9 Å². The fraction of sp³-hybridized carbons (Fsp3) is 0.333. The van der Waals surface area contributed by atoms with Crippen LogP contribution in [0.2, 0.25) is 5.02 Å². The van der Waals surface area contributed by atoms with Gasteiger partial charge in [0.1, 0.15) is 5.75 Å². The average molecular weight is 502 g/mol. The number of piperidine rings is 1. The molecule has 0 aromatic heterocycles. The van der Waals surface area contributed by atoms with Crippen molar-refractivity contribution in [3.8, 4) is 5.75 Å². The first-order chi connectivity index (χ1) is 17.6. The van der Waals surface area contributed by atoms with Crippen LogP contribution in [0.1, 0.15) is 42.0 Å². The third kappa shape index (κ3) is 5.48. The summed E-state index contributed by atoms with van der Waals surface area (Å²) < 4.78 is 5.57. The molecule has 0 N–H and O–H groups in total. The van der Waals surface area contributed by atoms with Gasteiger partial charge in [0, 0.05) is 17.0 Å². The number of amides is 1. The van der Waals surface area contributed by atoms with E-state index < -0.39 is 0 Å². The molecule has 5 nitrogen and oxygen atoms in total. The highest BCUT2D eigenvalue weighted by Crippen LogP contribution is 2.38. The molecule has 1 amide bonds. The van der Waals surface area contributed by atoms with E-state index in [2.05, 4.69) is 35.2 Å². The topological polar surface area (TPSA) is 45.1 Å². The minimum Gasteiger partial charge on any atom is -0.496 e. The number of rotatable bonds is 7. The lowest BCUT2D eigenvalue weighted by molar-refractivity contribution is -0.134. The van der Waals surface area contributed by atoms with E-state index in [1.807, 2.05) is 48.5 Å². The van der Waals surface area contributed by atoms with Gasteiger partial charge in [0.2, 0.25) is 0 Å². The van der Waals surface area contributed by atoms with Crippen molar-refractivity contribution in [2.45, 2.75) is 31.7 Å². The predicted octanol–water partition coefficient (Wildman–Crippen LogP) is 5.98. The molecule has 186 valence electrons. The maximum Gasteiger partial charge on any atom is 0.257 e. The van der Waals surface area contributed by atoms with Gasteiger partial charge in [-0.3, -0.25) is 9.69 Å². The molecule has 0 bridgehead atoms. The summed E-state index contributed by atoms with van der Waals surface area (Å²) in [4.78, 5) is 15.9. The normalized spacial score (nSPS) is 18.8. The van der Waals surface area contributed by atoms with Gasteiger partial charge in [-0.1, -0.05) is 72.3 Å². The number of hydrogen-bond acceptors (Lipinski definition) is 4. The van der Waals surface area contributed by atoms with Crippen LogP contribution in [0.15, 0.2) is 84.0 Å². The van der Waals surface area contributed by atoms with E-state index in [4.69, 9.17) is 21.4 Å². The van der Waals surface area contributed by atoms with Crippen molar-refractivity contribution in [3.63, 3.8) is 0 Å². The number of likely N-dealkylation sites (tertiary alicyclic amines) is 1. The largest absolute Gasteiger partial charge is 0.496 e. The summed E-state index contributed by atoms with van der Waals surface area (Å²) >= 11 is 6.58. The maximum absolute atomic E-state index is 13.6. The minimum absolute atomic E-state index is 0.00586. The van der Waals surface area contributed by atoms with Crippen LogP contribution in [0.4, 0.5) is 0 Å². The third-order valence-electron chi connectivity index (χ3n) is 7.28. The van der Waals surface area contributed by atoms with E-state index in [0.29, 0.717) is 23.9 Å². The van der Waals surface area contributed by atoms with Gasteiger partial charge in [-0.15, -0.1) is 0 Å². The number of hydrogen-bond donors (Lipinski definition) is 0. The molecule has 1 atom stereocenters. The number of halogens is 1. The van der Waals surface area contributed by atoms with Crippen molar-refractivity contribution < 1.29 is 9.53 Å². The van der Waals surface area contributed by atoms with Crippen LogP contribution in [-0.4, -0.2) is 48.3 Å². The van der Waals surface area contributed by atoms with E-state index in [-0.39, 0.29) is 11.9 Å². The van der Waals surface area contributed by atoms with Crippen molar-refractivity contribution in [2.24, 2.45) is 11.0 Å². The van der Waals surface area contributed by atoms with Crippen molar-refractivity contribution in [1.29, 1.82) is 0 Å². The molecule has 0 radical (unpaired) electrons. The number of hydrazone groups is 1. The molecule has 2 aliphatic rings. The lowest BCUT2D eigenvalue weighted by Crippen LogP contribution is -2.42. The fourth-order valence-corrected chi connectivity index (χ4v) is 5.60. The zero-order chi connectivity index (χ0) is 24.9. The monoisotopic (exact) mass is 501 g/mol. The van der Waals surface area contributed by atoms with Gasteiger partial charge in [-0.2, -0.15) is 5.10 Å². The summed E-state index contributed by atoms with van der Waals surface area (Å²) in [6, 6.07) is 26.0. The van der Waals surface area contributed by atoms with Crippen LogP contribution in [-0.2, 0) is 11.2 Å². The van der Waals surface area contributed by atoms with Crippen molar-refractivity contribution in [2.75, 3.05) is 26.7 Å². The SMILES string of the molecule is COc1ccccc1C1=NN(C(=O)CN2CCC(Cc3ccccc3)CC2)[C@@H](c2ccccc2Cl)C1. The summed E-state index contributed by atoms with van der Waals surface area (Å²) in [7, 11) is 1.66. The van der Waals surface area contributed by atoms with Crippen LogP contribution in [0.25, 0.3) is 0 Å². The Bertz CT molecular complexity index is 1220. The molecule has 3 aromatic carbocycles. The van der Waals surface area contributed by atoms with Crippen LogP contribution < -0.4 is 4.74 Å². The van der Waals surface area contributed by atoms with Crippen LogP contribution in [0.5, 0.6) is 5.75 Å². The second-order valence-electron chi connectivity index (χ2n) is 9.64. The zero-order valence-electron chi connectivity index (χ0n) is 20.6. The van der Waals surface area contributed by atoms with Crippen LogP contribution >= 0.6 is 11.6 Å². The van der Waals surface area contributed by atoms with Crippen molar-refractivity contribution >= 4 is 23.2 Å². The predicted molar refractivity (Wildman–Crippen MR) is 144 cm³/mol. The summed E-state index contributed by atoms with van der Waals surface area (Å²) in [5.74, 6) is 1.42. The summed E-state index contributed by atoms with van der Waals surface area (Å²) in [5, 5.41) is 7.14. The molecule has 6 heteroatoms. The van der Waals surface area contributed by atoms with Gasteiger partial charge in [0.25, 0.3) is 5.91 Å². The van der Waals surface area contributed by atoms with Gasteiger partial charge in [0.15, 0.2) is 0 Å². The smallest absolute Gasteiger partial charge is 0.257 e. The van der Waals surface area contributed by atoms with Gasteiger partial charge in [-0.05, 0) is 67.6 Å². The molecule has 0 saturated carbocycles. The number of ether oxygens (including phenoxy) is 1. The highest BCUT2D eigenvalue weighted by Gasteiger charge is 2.36. The Kier molecular flexibility index (Phi) is 7.69. The first-order valence-electron chi connectivity index (χ1n) is 12.7. The molecule has 0 aliphatic carbocycles. The molecule has 0 unspecified atom stereocenters. The maximum atomic E-state index is 13.6. The average Bonchev–Trinajstić information content (AvgIpc) is 3.36. The number of carbonyl (C=O) groups is 1. The van der Waals surface area contributed by atoms with E-state index in [9.17, 15) is 4.79 Å². The number of nitrogens with zero attached hydrogens (tertiary/aromatic N) is 3. The first kappa shape index (κ1) is 24.5. The van der Waals surface area contributed by atoms with Crippen LogP contribution in [0, 0.1) is 5.92 Å². The van der Waals surface area contributed by atoms with Gasteiger partial charge < -0.3 is 4.74 Å². The van der Waals surface area contributed by atoms with Gasteiger partial charge in [0.05, 0.1) is 25.4 Å².